The van der Waals surface area contributed by atoms with E-state index >= 15 is 0 Å². The minimum atomic E-state index is -0.547. The van der Waals surface area contributed by atoms with Gasteiger partial charge in [-0.2, -0.15) is 0 Å². The Hall–Kier alpha value is -2.01. The molecule has 4 nitrogen and oxygen atoms in total. The van der Waals surface area contributed by atoms with Gasteiger partial charge in [0.1, 0.15) is 6.61 Å². The van der Waals surface area contributed by atoms with Crippen molar-refractivity contribution < 1.29 is 14.3 Å². The monoisotopic (exact) mass is 335 g/mol. The highest BCUT2D eigenvalue weighted by molar-refractivity contribution is 9.10. The highest BCUT2D eigenvalue weighted by Crippen LogP contribution is 2.31. The zero-order valence-electron chi connectivity index (χ0n) is 10.9. The van der Waals surface area contributed by atoms with E-state index in [0.29, 0.717) is 23.7 Å². The summed E-state index contributed by atoms with van der Waals surface area (Å²) in [6, 6.07) is 12.8. The Bertz CT molecular complexity index is 611. The van der Waals surface area contributed by atoms with E-state index in [1.165, 1.54) is 7.11 Å². The summed E-state index contributed by atoms with van der Waals surface area (Å²) in [6.07, 6.45) is 0. The molecule has 0 radical (unpaired) electrons. The number of hydrogen-bond donors (Lipinski definition) is 1. The van der Waals surface area contributed by atoms with Gasteiger partial charge in [0.05, 0.1) is 12.7 Å². The number of amides is 1. The lowest BCUT2D eigenvalue weighted by Gasteiger charge is -2.13. The predicted octanol–water partition coefficient (Wildman–Crippen LogP) is 3.14. The number of para-hydroxylation sites is 1. The summed E-state index contributed by atoms with van der Waals surface area (Å²) in [6.45, 7) is 0.327. The molecule has 2 N–H and O–H groups in total. The van der Waals surface area contributed by atoms with E-state index in [0.717, 1.165) is 10.0 Å². The van der Waals surface area contributed by atoms with Crippen molar-refractivity contribution in [2.45, 2.75) is 6.61 Å². The fourth-order valence-corrected chi connectivity index (χ4v) is 2.02. The summed E-state index contributed by atoms with van der Waals surface area (Å²) in [4.78, 5) is 11.4. The van der Waals surface area contributed by atoms with Gasteiger partial charge in [-0.3, -0.25) is 4.79 Å². The van der Waals surface area contributed by atoms with E-state index in [9.17, 15) is 4.79 Å². The Morgan fingerprint density at radius 2 is 1.90 bits per heavy atom. The third-order valence-electron chi connectivity index (χ3n) is 2.76. The fourth-order valence-electron chi connectivity index (χ4n) is 1.76. The lowest BCUT2D eigenvalue weighted by molar-refractivity contribution is 0.0995. The van der Waals surface area contributed by atoms with Gasteiger partial charge in [0.2, 0.25) is 0 Å². The first-order valence-electron chi connectivity index (χ1n) is 5.96. The van der Waals surface area contributed by atoms with Gasteiger partial charge in [-0.25, -0.2) is 0 Å². The van der Waals surface area contributed by atoms with Gasteiger partial charge in [-0.1, -0.05) is 34.1 Å². The van der Waals surface area contributed by atoms with Crippen LogP contribution in [0.3, 0.4) is 0 Å². The third-order valence-corrected chi connectivity index (χ3v) is 3.29. The van der Waals surface area contributed by atoms with Gasteiger partial charge in [-0.05, 0) is 29.8 Å². The summed E-state index contributed by atoms with van der Waals surface area (Å²) in [7, 11) is 1.52. The molecule has 2 aromatic rings. The van der Waals surface area contributed by atoms with Crippen LogP contribution in [0.4, 0.5) is 0 Å². The highest BCUT2D eigenvalue weighted by Gasteiger charge is 2.14. The predicted molar refractivity (Wildman–Crippen MR) is 80.0 cm³/mol. The van der Waals surface area contributed by atoms with Crippen LogP contribution in [0.25, 0.3) is 0 Å². The Balaban J connectivity index is 2.23. The number of rotatable bonds is 5. The van der Waals surface area contributed by atoms with Gasteiger partial charge in [-0.15, -0.1) is 0 Å². The topological polar surface area (TPSA) is 61.5 Å². The molecule has 104 valence electrons. The number of halogens is 1. The van der Waals surface area contributed by atoms with Crippen molar-refractivity contribution in [1.82, 2.24) is 0 Å². The average molecular weight is 336 g/mol. The maximum absolute atomic E-state index is 11.4. The molecule has 0 saturated carbocycles. The molecule has 0 saturated heterocycles. The molecular weight excluding hydrogens is 322 g/mol. The van der Waals surface area contributed by atoms with Crippen LogP contribution < -0.4 is 15.2 Å². The van der Waals surface area contributed by atoms with Crippen LogP contribution in [0, 0.1) is 0 Å². The van der Waals surface area contributed by atoms with Gasteiger partial charge >= 0.3 is 0 Å². The second kappa shape index (κ2) is 6.43. The van der Waals surface area contributed by atoms with Crippen molar-refractivity contribution in [2.24, 2.45) is 5.73 Å². The van der Waals surface area contributed by atoms with E-state index in [2.05, 4.69) is 15.9 Å². The SMILES string of the molecule is COc1cccc(C(N)=O)c1OCc1ccc(Br)cc1. The molecule has 0 spiro atoms. The van der Waals surface area contributed by atoms with Crippen LogP contribution in [0.15, 0.2) is 46.9 Å². The van der Waals surface area contributed by atoms with E-state index in [-0.39, 0.29) is 0 Å². The number of methoxy groups -OCH3 is 1. The lowest BCUT2D eigenvalue weighted by atomic mass is 10.1. The lowest BCUT2D eigenvalue weighted by Crippen LogP contribution is -2.13. The number of carbonyl (C=O) groups excluding carboxylic acids is 1. The summed E-state index contributed by atoms with van der Waals surface area (Å²) in [5.74, 6) is 0.304. The second-order valence-corrected chi connectivity index (χ2v) is 5.03. The minimum Gasteiger partial charge on any atom is -0.493 e. The quantitative estimate of drug-likeness (QED) is 0.912. The second-order valence-electron chi connectivity index (χ2n) is 4.12. The molecule has 2 rings (SSSR count). The highest BCUT2D eigenvalue weighted by atomic mass is 79.9. The smallest absolute Gasteiger partial charge is 0.252 e. The molecule has 20 heavy (non-hydrogen) atoms. The minimum absolute atomic E-state index is 0.307. The van der Waals surface area contributed by atoms with Crippen LogP contribution in [-0.2, 0) is 6.61 Å². The van der Waals surface area contributed by atoms with Crippen molar-refractivity contribution in [3.8, 4) is 11.5 Å². The van der Waals surface area contributed by atoms with E-state index in [1.54, 1.807) is 18.2 Å². The Labute approximate surface area is 125 Å². The molecule has 0 aliphatic heterocycles. The van der Waals surface area contributed by atoms with Crippen LogP contribution in [0.1, 0.15) is 15.9 Å². The third kappa shape index (κ3) is 3.30. The molecule has 1 amide bonds. The molecule has 0 bridgehead atoms. The zero-order valence-corrected chi connectivity index (χ0v) is 12.5. The van der Waals surface area contributed by atoms with Crippen molar-refractivity contribution in [3.63, 3.8) is 0 Å². The molecule has 0 aromatic heterocycles. The fraction of sp³-hybridized carbons (Fsp3) is 0.133. The number of ether oxygens (including phenoxy) is 2. The number of carbonyl (C=O) groups is 1. The first kappa shape index (κ1) is 14.4. The van der Waals surface area contributed by atoms with Crippen LogP contribution >= 0.6 is 15.9 Å². The Morgan fingerprint density at radius 3 is 2.50 bits per heavy atom. The normalized spacial score (nSPS) is 10.1. The number of hydrogen-bond acceptors (Lipinski definition) is 3. The maximum atomic E-state index is 11.4. The maximum Gasteiger partial charge on any atom is 0.252 e. The van der Waals surface area contributed by atoms with Crippen LogP contribution in [0.5, 0.6) is 11.5 Å². The summed E-state index contributed by atoms with van der Waals surface area (Å²) in [5.41, 5.74) is 6.63. The summed E-state index contributed by atoms with van der Waals surface area (Å²) in [5, 5.41) is 0. The van der Waals surface area contributed by atoms with Crippen molar-refractivity contribution in [2.75, 3.05) is 7.11 Å². The molecule has 0 aliphatic carbocycles. The van der Waals surface area contributed by atoms with Crippen molar-refractivity contribution >= 4 is 21.8 Å². The Morgan fingerprint density at radius 1 is 1.20 bits per heavy atom. The van der Waals surface area contributed by atoms with Crippen LogP contribution in [-0.4, -0.2) is 13.0 Å². The van der Waals surface area contributed by atoms with Gasteiger partial charge in [0, 0.05) is 4.47 Å². The zero-order chi connectivity index (χ0) is 14.5. The van der Waals surface area contributed by atoms with Crippen molar-refractivity contribution in [1.29, 1.82) is 0 Å². The van der Waals surface area contributed by atoms with Gasteiger partial charge < -0.3 is 15.2 Å². The van der Waals surface area contributed by atoms with E-state index < -0.39 is 5.91 Å². The van der Waals surface area contributed by atoms with Crippen LogP contribution in [0.2, 0.25) is 0 Å². The largest absolute Gasteiger partial charge is 0.493 e. The molecular formula is C15H14BrNO3. The van der Waals surface area contributed by atoms with E-state index in [4.69, 9.17) is 15.2 Å². The van der Waals surface area contributed by atoms with Gasteiger partial charge in [0.15, 0.2) is 11.5 Å². The Kier molecular flexibility index (Phi) is 4.63. The first-order valence-corrected chi connectivity index (χ1v) is 6.75. The molecule has 0 heterocycles. The molecule has 0 fully saturated rings. The number of benzene rings is 2. The van der Waals surface area contributed by atoms with Crippen molar-refractivity contribution in [3.05, 3.63) is 58.1 Å². The van der Waals surface area contributed by atoms with E-state index in [1.807, 2.05) is 24.3 Å². The molecule has 2 aromatic carbocycles. The standard InChI is InChI=1S/C15H14BrNO3/c1-19-13-4-2-3-12(15(17)18)14(13)20-9-10-5-7-11(16)8-6-10/h2-8H,9H2,1H3,(H2,17,18). The molecule has 0 unspecified atom stereocenters. The molecule has 0 atom stereocenters. The average Bonchev–Trinajstić information content (AvgIpc) is 2.46. The summed E-state index contributed by atoms with van der Waals surface area (Å²) < 4.78 is 11.9. The summed E-state index contributed by atoms with van der Waals surface area (Å²) >= 11 is 3.37. The number of nitrogens with two attached hydrogens (primary N) is 1. The molecule has 5 heteroatoms. The number of primary amides is 1. The molecule has 0 aliphatic rings. The first-order chi connectivity index (χ1) is 9.61. The van der Waals surface area contributed by atoms with Gasteiger partial charge in [0.25, 0.3) is 5.91 Å².